The van der Waals surface area contributed by atoms with Crippen molar-refractivity contribution in [3.63, 3.8) is 0 Å². The molecule has 0 aliphatic carbocycles. The number of aryl methyl sites for hydroxylation is 2. The topological polar surface area (TPSA) is 65.4 Å². The fourth-order valence-electron chi connectivity index (χ4n) is 2.25. The second-order valence-electron chi connectivity index (χ2n) is 5.33. The summed E-state index contributed by atoms with van der Waals surface area (Å²) in [5.41, 5.74) is 3.41. The summed E-state index contributed by atoms with van der Waals surface area (Å²) in [4.78, 5) is 4.31. The zero-order valence-electron chi connectivity index (χ0n) is 12.7. The highest BCUT2D eigenvalue weighted by Gasteiger charge is 2.13. The SMILES string of the molecule is Cc1nc(NC(O)CCc2ccccc2)c(C)c(C)c1O. The lowest BCUT2D eigenvalue weighted by atomic mass is 10.1. The number of hydrogen-bond donors (Lipinski definition) is 3. The van der Waals surface area contributed by atoms with Gasteiger partial charge in [0.15, 0.2) is 0 Å². The second-order valence-corrected chi connectivity index (χ2v) is 5.33. The summed E-state index contributed by atoms with van der Waals surface area (Å²) in [7, 11) is 0. The van der Waals surface area contributed by atoms with Gasteiger partial charge in [0.25, 0.3) is 0 Å². The minimum atomic E-state index is -0.667. The van der Waals surface area contributed by atoms with Crippen LogP contribution in [0.15, 0.2) is 30.3 Å². The van der Waals surface area contributed by atoms with Crippen molar-refractivity contribution in [3.05, 3.63) is 52.7 Å². The minimum absolute atomic E-state index is 0.219. The predicted octanol–water partition coefficient (Wildman–Crippen LogP) is 3.08. The van der Waals surface area contributed by atoms with Crippen molar-refractivity contribution >= 4 is 5.82 Å². The van der Waals surface area contributed by atoms with Crippen LogP contribution in [0.2, 0.25) is 0 Å². The Bertz CT molecular complexity index is 612. The Morgan fingerprint density at radius 1 is 1.10 bits per heavy atom. The monoisotopic (exact) mass is 286 g/mol. The quantitative estimate of drug-likeness (QED) is 0.739. The zero-order chi connectivity index (χ0) is 15.4. The van der Waals surface area contributed by atoms with Crippen LogP contribution in [0, 0.1) is 20.8 Å². The number of hydrogen-bond acceptors (Lipinski definition) is 4. The van der Waals surface area contributed by atoms with Gasteiger partial charge in [0.1, 0.15) is 17.8 Å². The molecule has 0 saturated carbocycles. The Morgan fingerprint density at radius 2 is 1.76 bits per heavy atom. The standard InChI is InChI=1S/C17H22N2O2/c1-11-12(2)17(18-13(3)16(11)21)19-15(20)10-9-14-7-5-4-6-8-14/h4-8,15,20-21H,9-10H2,1-3H3,(H,18,19). The third-order valence-electron chi connectivity index (χ3n) is 3.75. The third kappa shape index (κ3) is 3.73. The molecule has 0 aliphatic heterocycles. The van der Waals surface area contributed by atoms with Gasteiger partial charge in [-0.1, -0.05) is 30.3 Å². The van der Waals surface area contributed by atoms with Crippen molar-refractivity contribution in [2.75, 3.05) is 5.32 Å². The van der Waals surface area contributed by atoms with Crippen molar-refractivity contribution in [1.82, 2.24) is 4.98 Å². The Labute approximate surface area is 125 Å². The molecule has 21 heavy (non-hydrogen) atoms. The fraction of sp³-hybridized carbons (Fsp3) is 0.353. The molecule has 2 aromatic rings. The smallest absolute Gasteiger partial charge is 0.140 e. The summed E-state index contributed by atoms with van der Waals surface area (Å²) in [6, 6.07) is 10.1. The lowest BCUT2D eigenvalue weighted by Gasteiger charge is -2.17. The number of aliphatic hydroxyl groups is 1. The highest BCUT2D eigenvalue weighted by Crippen LogP contribution is 2.27. The van der Waals surface area contributed by atoms with Gasteiger partial charge in [-0.15, -0.1) is 0 Å². The van der Waals surface area contributed by atoms with E-state index in [-0.39, 0.29) is 5.75 Å². The number of benzene rings is 1. The van der Waals surface area contributed by atoms with Crippen molar-refractivity contribution in [3.8, 4) is 5.75 Å². The predicted molar refractivity (Wildman–Crippen MR) is 84.5 cm³/mol. The molecule has 0 radical (unpaired) electrons. The highest BCUT2D eigenvalue weighted by molar-refractivity contribution is 5.54. The molecular weight excluding hydrogens is 264 g/mol. The molecule has 1 unspecified atom stereocenters. The van der Waals surface area contributed by atoms with E-state index in [1.807, 2.05) is 44.2 Å². The van der Waals surface area contributed by atoms with Gasteiger partial charge >= 0.3 is 0 Å². The molecule has 0 amide bonds. The van der Waals surface area contributed by atoms with Crippen LogP contribution in [0.5, 0.6) is 5.75 Å². The van der Waals surface area contributed by atoms with E-state index >= 15 is 0 Å². The van der Waals surface area contributed by atoms with Gasteiger partial charge < -0.3 is 15.5 Å². The summed E-state index contributed by atoms with van der Waals surface area (Å²) < 4.78 is 0. The number of anilines is 1. The number of nitrogens with zero attached hydrogens (tertiary/aromatic N) is 1. The zero-order valence-corrected chi connectivity index (χ0v) is 12.7. The van der Waals surface area contributed by atoms with E-state index in [2.05, 4.69) is 10.3 Å². The van der Waals surface area contributed by atoms with E-state index in [0.717, 1.165) is 17.5 Å². The largest absolute Gasteiger partial charge is 0.506 e. The summed E-state index contributed by atoms with van der Waals surface area (Å²) in [6.45, 7) is 5.48. The van der Waals surface area contributed by atoms with Crippen LogP contribution in [0.4, 0.5) is 5.82 Å². The molecule has 3 N–H and O–H groups in total. The fourth-order valence-corrected chi connectivity index (χ4v) is 2.25. The van der Waals surface area contributed by atoms with E-state index in [0.29, 0.717) is 17.9 Å². The molecule has 4 nitrogen and oxygen atoms in total. The Kier molecular flexibility index (Phi) is 4.81. The Hall–Kier alpha value is -2.07. The molecule has 1 aromatic heterocycles. The van der Waals surface area contributed by atoms with Gasteiger partial charge in [-0.2, -0.15) is 0 Å². The summed E-state index contributed by atoms with van der Waals surface area (Å²) in [5, 5.41) is 23.0. The summed E-state index contributed by atoms with van der Waals surface area (Å²) in [6.07, 6.45) is 0.730. The van der Waals surface area contributed by atoms with Gasteiger partial charge in [-0.25, -0.2) is 4.98 Å². The van der Waals surface area contributed by atoms with Crippen molar-refractivity contribution < 1.29 is 10.2 Å². The number of rotatable bonds is 5. The number of aromatic hydroxyl groups is 1. The van der Waals surface area contributed by atoms with Gasteiger partial charge in [-0.3, -0.25) is 0 Å². The molecule has 0 saturated heterocycles. The van der Waals surface area contributed by atoms with Gasteiger partial charge in [0.2, 0.25) is 0 Å². The average Bonchev–Trinajstić information content (AvgIpc) is 2.49. The molecule has 2 rings (SSSR count). The van der Waals surface area contributed by atoms with Crippen LogP contribution in [-0.4, -0.2) is 21.4 Å². The van der Waals surface area contributed by atoms with Crippen LogP contribution in [-0.2, 0) is 6.42 Å². The molecule has 0 spiro atoms. The Morgan fingerprint density at radius 3 is 2.43 bits per heavy atom. The maximum atomic E-state index is 10.1. The first-order chi connectivity index (χ1) is 9.99. The highest BCUT2D eigenvalue weighted by atomic mass is 16.3. The number of aliphatic hydroxyl groups excluding tert-OH is 1. The lowest BCUT2D eigenvalue weighted by molar-refractivity contribution is 0.193. The van der Waals surface area contributed by atoms with Crippen molar-refractivity contribution in [2.24, 2.45) is 0 Å². The number of pyridine rings is 1. The molecular formula is C17H22N2O2. The van der Waals surface area contributed by atoms with Gasteiger partial charge in [-0.05, 0) is 50.3 Å². The second kappa shape index (κ2) is 6.59. The van der Waals surface area contributed by atoms with Gasteiger partial charge in [0.05, 0.1) is 5.69 Å². The van der Waals surface area contributed by atoms with Crippen LogP contribution in [0.3, 0.4) is 0 Å². The van der Waals surface area contributed by atoms with E-state index in [1.54, 1.807) is 6.92 Å². The average molecular weight is 286 g/mol. The van der Waals surface area contributed by atoms with Crippen LogP contribution in [0.1, 0.15) is 28.8 Å². The molecule has 0 bridgehead atoms. The van der Waals surface area contributed by atoms with E-state index in [1.165, 1.54) is 5.56 Å². The van der Waals surface area contributed by atoms with Crippen molar-refractivity contribution in [1.29, 1.82) is 0 Å². The molecule has 1 heterocycles. The first-order valence-corrected chi connectivity index (χ1v) is 7.14. The lowest BCUT2D eigenvalue weighted by Crippen LogP contribution is -2.21. The first kappa shape index (κ1) is 15.3. The number of aromatic nitrogens is 1. The molecule has 1 atom stereocenters. The maximum Gasteiger partial charge on any atom is 0.140 e. The van der Waals surface area contributed by atoms with Gasteiger partial charge in [0, 0.05) is 0 Å². The summed E-state index contributed by atoms with van der Waals surface area (Å²) >= 11 is 0. The minimum Gasteiger partial charge on any atom is -0.506 e. The first-order valence-electron chi connectivity index (χ1n) is 7.14. The van der Waals surface area contributed by atoms with Crippen molar-refractivity contribution in [2.45, 2.75) is 39.8 Å². The van der Waals surface area contributed by atoms with E-state index in [9.17, 15) is 10.2 Å². The van der Waals surface area contributed by atoms with E-state index in [4.69, 9.17) is 0 Å². The number of nitrogens with one attached hydrogen (secondary N) is 1. The molecule has 112 valence electrons. The Balaban J connectivity index is 2.01. The third-order valence-corrected chi connectivity index (χ3v) is 3.75. The normalized spacial score (nSPS) is 12.2. The maximum absolute atomic E-state index is 10.1. The summed E-state index contributed by atoms with van der Waals surface area (Å²) in [5.74, 6) is 0.847. The molecule has 4 heteroatoms. The molecule has 1 aromatic carbocycles. The molecule has 0 fully saturated rings. The molecule has 0 aliphatic rings. The van der Waals surface area contributed by atoms with Crippen LogP contribution in [0.25, 0.3) is 0 Å². The van der Waals surface area contributed by atoms with E-state index < -0.39 is 6.23 Å². The van der Waals surface area contributed by atoms with Crippen LogP contribution >= 0.6 is 0 Å². The van der Waals surface area contributed by atoms with Crippen LogP contribution < -0.4 is 5.32 Å².